The number of ether oxygens (including phenoxy) is 1. The van der Waals surface area contributed by atoms with Gasteiger partial charge in [0.1, 0.15) is 5.65 Å². The number of carbonyl (C=O) groups is 2. The summed E-state index contributed by atoms with van der Waals surface area (Å²) in [6.45, 7) is 1.52. The highest BCUT2D eigenvalue weighted by Crippen LogP contribution is 2.18. The number of hydrogen-bond donors (Lipinski definition) is 0. The molecule has 0 aliphatic heterocycles. The van der Waals surface area contributed by atoms with Crippen molar-refractivity contribution < 1.29 is 14.3 Å². The minimum absolute atomic E-state index is 0.283. The Hall–Kier alpha value is -2.34. The van der Waals surface area contributed by atoms with Gasteiger partial charge in [0.25, 0.3) is 5.91 Å². The largest absolute Gasteiger partial charge is 0.449 e. The predicted octanol–water partition coefficient (Wildman–Crippen LogP) is 2.02. The van der Waals surface area contributed by atoms with Crippen LogP contribution in [-0.2, 0) is 14.3 Å². The molecule has 0 saturated heterocycles. The summed E-state index contributed by atoms with van der Waals surface area (Å²) in [4.78, 5) is 28.9. The van der Waals surface area contributed by atoms with Gasteiger partial charge in [-0.3, -0.25) is 9.20 Å². The Bertz CT molecular complexity index is 737. The van der Waals surface area contributed by atoms with Gasteiger partial charge in [-0.1, -0.05) is 17.7 Å². The van der Waals surface area contributed by atoms with E-state index < -0.39 is 12.1 Å². The monoisotopic (exact) mass is 321 g/mol. The van der Waals surface area contributed by atoms with Gasteiger partial charge in [-0.25, -0.2) is 9.78 Å². The fraction of sp³-hybridized carbons (Fsp3) is 0.267. The van der Waals surface area contributed by atoms with Gasteiger partial charge in [-0.05, 0) is 25.1 Å². The molecule has 2 aromatic rings. The van der Waals surface area contributed by atoms with E-state index in [0.29, 0.717) is 11.3 Å². The Morgan fingerprint density at radius 3 is 2.82 bits per heavy atom. The van der Waals surface area contributed by atoms with Crippen molar-refractivity contribution >= 4 is 35.2 Å². The van der Waals surface area contributed by atoms with Crippen LogP contribution in [0.2, 0.25) is 5.15 Å². The lowest BCUT2D eigenvalue weighted by Crippen LogP contribution is -2.34. The van der Waals surface area contributed by atoms with Crippen molar-refractivity contribution in [3.05, 3.63) is 41.3 Å². The number of aromatic nitrogens is 2. The van der Waals surface area contributed by atoms with Gasteiger partial charge in [0, 0.05) is 26.4 Å². The van der Waals surface area contributed by atoms with Gasteiger partial charge < -0.3 is 9.64 Å². The maximum atomic E-state index is 11.8. The molecule has 22 heavy (non-hydrogen) atoms. The topological polar surface area (TPSA) is 63.9 Å². The number of halogens is 1. The van der Waals surface area contributed by atoms with Crippen molar-refractivity contribution in [3.8, 4) is 0 Å². The third-order valence-corrected chi connectivity index (χ3v) is 3.26. The second-order valence-corrected chi connectivity index (χ2v) is 5.22. The fourth-order valence-electron chi connectivity index (χ4n) is 1.91. The summed E-state index contributed by atoms with van der Waals surface area (Å²) in [6, 6.07) is 5.48. The van der Waals surface area contributed by atoms with Crippen molar-refractivity contribution in [1.82, 2.24) is 14.3 Å². The molecule has 116 valence electrons. The molecule has 0 saturated carbocycles. The standard InChI is InChI=1S/C15H16ClN3O3/c1-10(15(21)18(2)3)22-13(20)8-7-11-14(16)17-12-6-4-5-9-19(11)12/h4-10H,1-3H3/b8-7+/t10-/m0/s1. The van der Waals surface area contributed by atoms with Crippen LogP contribution in [0.3, 0.4) is 0 Å². The summed E-state index contributed by atoms with van der Waals surface area (Å²) in [7, 11) is 3.20. The van der Waals surface area contributed by atoms with E-state index >= 15 is 0 Å². The highest BCUT2D eigenvalue weighted by molar-refractivity contribution is 6.31. The zero-order valence-electron chi connectivity index (χ0n) is 12.5. The molecule has 0 N–H and O–H groups in total. The first-order chi connectivity index (χ1) is 10.4. The van der Waals surface area contributed by atoms with Gasteiger partial charge in [0.15, 0.2) is 11.3 Å². The molecule has 0 unspecified atom stereocenters. The molecule has 1 amide bonds. The smallest absolute Gasteiger partial charge is 0.331 e. The van der Waals surface area contributed by atoms with Crippen LogP contribution < -0.4 is 0 Å². The number of nitrogens with zero attached hydrogens (tertiary/aromatic N) is 3. The second-order valence-electron chi connectivity index (χ2n) is 4.86. The quantitative estimate of drug-likeness (QED) is 0.638. The van der Waals surface area contributed by atoms with E-state index in [1.54, 1.807) is 30.8 Å². The number of esters is 1. The van der Waals surface area contributed by atoms with Crippen LogP contribution in [-0.4, -0.2) is 46.4 Å². The van der Waals surface area contributed by atoms with E-state index in [4.69, 9.17) is 16.3 Å². The summed E-state index contributed by atoms with van der Waals surface area (Å²) in [6.07, 6.45) is 3.68. The van der Waals surface area contributed by atoms with Crippen LogP contribution in [0.15, 0.2) is 30.5 Å². The minimum Gasteiger partial charge on any atom is -0.449 e. The van der Waals surface area contributed by atoms with Crippen LogP contribution in [0.4, 0.5) is 0 Å². The van der Waals surface area contributed by atoms with Gasteiger partial charge in [0.2, 0.25) is 0 Å². The maximum Gasteiger partial charge on any atom is 0.331 e. The summed E-state index contributed by atoms with van der Waals surface area (Å²) in [5, 5.41) is 0.285. The fourth-order valence-corrected chi connectivity index (χ4v) is 2.15. The Balaban J connectivity index is 2.12. The van der Waals surface area contributed by atoms with Crippen molar-refractivity contribution in [2.45, 2.75) is 13.0 Å². The van der Waals surface area contributed by atoms with Crippen LogP contribution in [0.25, 0.3) is 11.7 Å². The minimum atomic E-state index is -0.843. The molecular weight excluding hydrogens is 306 g/mol. The normalized spacial score (nSPS) is 12.5. The van der Waals surface area contributed by atoms with Crippen LogP contribution >= 0.6 is 11.6 Å². The first-order valence-electron chi connectivity index (χ1n) is 6.62. The Labute approximate surface area is 132 Å². The van der Waals surface area contributed by atoms with E-state index in [1.807, 2.05) is 12.1 Å². The summed E-state index contributed by atoms with van der Waals surface area (Å²) < 4.78 is 6.78. The number of amides is 1. The molecule has 2 rings (SSSR count). The van der Waals surface area contributed by atoms with Gasteiger partial charge in [0.05, 0.1) is 5.69 Å². The number of hydrogen-bond acceptors (Lipinski definition) is 4. The first-order valence-corrected chi connectivity index (χ1v) is 7.00. The highest BCUT2D eigenvalue weighted by Gasteiger charge is 2.18. The maximum absolute atomic E-state index is 11.8. The summed E-state index contributed by atoms with van der Waals surface area (Å²) in [5.74, 6) is -0.903. The molecular formula is C15H16ClN3O3. The van der Waals surface area contributed by atoms with Crippen LogP contribution in [0.5, 0.6) is 0 Å². The molecule has 0 fully saturated rings. The number of carbonyl (C=O) groups excluding carboxylic acids is 2. The SMILES string of the molecule is C[C@H](OC(=O)/C=C/c1c(Cl)nc2ccccn12)C(=O)N(C)C. The van der Waals surface area contributed by atoms with E-state index in [1.165, 1.54) is 24.0 Å². The van der Waals surface area contributed by atoms with Crippen LogP contribution in [0.1, 0.15) is 12.6 Å². The predicted molar refractivity (Wildman–Crippen MR) is 83.5 cm³/mol. The van der Waals surface area contributed by atoms with Gasteiger partial charge >= 0.3 is 5.97 Å². The number of imidazole rings is 1. The van der Waals surface area contributed by atoms with E-state index in [-0.39, 0.29) is 11.1 Å². The number of likely N-dealkylation sites (N-methyl/N-ethyl adjacent to an activating group) is 1. The molecule has 7 heteroatoms. The third kappa shape index (κ3) is 3.46. The van der Waals surface area contributed by atoms with Gasteiger partial charge in [-0.15, -0.1) is 0 Å². The highest BCUT2D eigenvalue weighted by atomic mass is 35.5. The molecule has 6 nitrogen and oxygen atoms in total. The van der Waals surface area contributed by atoms with Gasteiger partial charge in [-0.2, -0.15) is 0 Å². The van der Waals surface area contributed by atoms with E-state index in [0.717, 1.165) is 0 Å². The number of fused-ring (bicyclic) bond motifs is 1. The number of pyridine rings is 1. The molecule has 0 radical (unpaired) electrons. The lowest BCUT2D eigenvalue weighted by atomic mass is 10.3. The Morgan fingerprint density at radius 1 is 1.41 bits per heavy atom. The average molecular weight is 322 g/mol. The van der Waals surface area contributed by atoms with Crippen LogP contribution in [0, 0.1) is 0 Å². The van der Waals surface area contributed by atoms with Crippen molar-refractivity contribution in [1.29, 1.82) is 0 Å². The Morgan fingerprint density at radius 2 is 2.14 bits per heavy atom. The average Bonchev–Trinajstić information content (AvgIpc) is 2.79. The van der Waals surface area contributed by atoms with Crippen molar-refractivity contribution in [2.75, 3.05) is 14.1 Å². The first kappa shape index (κ1) is 16.0. The number of rotatable bonds is 4. The summed E-state index contributed by atoms with van der Waals surface area (Å²) >= 11 is 6.05. The molecule has 2 heterocycles. The van der Waals surface area contributed by atoms with Crippen molar-refractivity contribution in [3.63, 3.8) is 0 Å². The zero-order chi connectivity index (χ0) is 16.3. The Kier molecular flexibility index (Phi) is 4.82. The molecule has 2 aromatic heterocycles. The molecule has 1 atom stereocenters. The molecule has 0 spiro atoms. The lowest BCUT2D eigenvalue weighted by molar-refractivity contribution is -0.153. The molecule has 0 aromatic carbocycles. The molecule has 0 aliphatic carbocycles. The molecule has 0 aliphatic rings. The third-order valence-electron chi connectivity index (χ3n) is 2.98. The van der Waals surface area contributed by atoms with Crippen molar-refractivity contribution in [2.24, 2.45) is 0 Å². The second kappa shape index (κ2) is 6.62. The zero-order valence-corrected chi connectivity index (χ0v) is 13.2. The van der Waals surface area contributed by atoms with E-state index in [2.05, 4.69) is 4.98 Å². The van der Waals surface area contributed by atoms with E-state index in [9.17, 15) is 9.59 Å². The summed E-state index contributed by atoms with van der Waals surface area (Å²) in [5.41, 5.74) is 1.25. The molecule has 0 bridgehead atoms. The lowest BCUT2D eigenvalue weighted by Gasteiger charge is -2.16.